The van der Waals surface area contributed by atoms with Crippen molar-refractivity contribution in [3.05, 3.63) is 84.9 Å². The van der Waals surface area contributed by atoms with Gasteiger partial charge in [0.1, 0.15) is 18.0 Å². The molecule has 0 aliphatic carbocycles. The number of carbonyl (C=O) groups is 3. The van der Waals surface area contributed by atoms with Gasteiger partial charge in [0.2, 0.25) is 0 Å². The average Bonchev–Trinajstić information content (AvgIpc) is 2.82. The standard InChI is InChI=1S/C24H22N2O6/c27-22(16-30-18-9-3-1-4-10-18)25-15-24(29)31-17-23(28)26-20-13-7-8-14-21(20)32-19-11-5-2-6-12-19/h1-14H,15-17H2,(H,25,27)(H,26,28). The summed E-state index contributed by atoms with van der Waals surface area (Å²) in [6.07, 6.45) is 0. The van der Waals surface area contributed by atoms with E-state index in [4.69, 9.17) is 14.2 Å². The van der Waals surface area contributed by atoms with Gasteiger partial charge in [0.15, 0.2) is 19.0 Å². The third kappa shape index (κ3) is 7.49. The Hall–Kier alpha value is -4.33. The van der Waals surface area contributed by atoms with Crippen molar-refractivity contribution < 1.29 is 28.6 Å². The molecule has 3 aromatic carbocycles. The van der Waals surface area contributed by atoms with Gasteiger partial charge in [0, 0.05) is 0 Å². The lowest BCUT2D eigenvalue weighted by molar-refractivity contribution is -0.147. The Bertz CT molecular complexity index is 1040. The zero-order valence-electron chi connectivity index (χ0n) is 17.2. The first-order valence-corrected chi connectivity index (χ1v) is 9.82. The minimum absolute atomic E-state index is 0.240. The van der Waals surface area contributed by atoms with Gasteiger partial charge >= 0.3 is 5.97 Å². The normalized spacial score (nSPS) is 10.0. The first-order valence-electron chi connectivity index (χ1n) is 9.82. The number of anilines is 1. The quantitative estimate of drug-likeness (QED) is 0.475. The highest BCUT2D eigenvalue weighted by molar-refractivity contribution is 5.94. The van der Waals surface area contributed by atoms with Crippen LogP contribution < -0.4 is 20.1 Å². The minimum atomic E-state index is -0.748. The Labute approximate surface area is 185 Å². The third-order valence-corrected chi connectivity index (χ3v) is 4.04. The van der Waals surface area contributed by atoms with Gasteiger partial charge in [-0.3, -0.25) is 14.4 Å². The third-order valence-electron chi connectivity index (χ3n) is 4.04. The zero-order chi connectivity index (χ0) is 22.6. The molecule has 0 radical (unpaired) electrons. The fourth-order valence-electron chi connectivity index (χ4n) is 2.55. The van der Waals surface area contributed by atoms with Crippen molar-refractivity contribution in [1.82, 2.24) is 5.32 Å². The molecule has 0 saturated heterocycles. The average molecular weight is 434 g/mol. The minimum Gasteiger partial charge on any atom is -0.484 e. The van der Waals surface area contributed by atoms with Crippen LogP contribution in [0, 0.1) is 0 Å². The highest BCUT2D eigenvalue weighted by atomic mass is 16.5. The maximum Gasteiger partial charge on any atom is 0.325 e. The van der Waals surface area contributed by atoms with E-state index in [2.05, 4.69) is 10.6 Å². The summed E-state index contributed by atoms with van der Waals surface area (Å²) in [6, 6.07) is 24.8. The van der Waals surface area contributed by atoms with Gasteiger partial charge in [-0.25, -0.2) is 0 Å². The summed E-state index contributed by atoms with van der Waals surface area (Å²) < 4.78 is 16.0. The largest absolute Gasteiger partial charge is 0.484 e. The molecule has 0 aromatic heterocycles. The molecule has 0 heterocycles. The molecule has 8 nitrogen and oxygen atoms in total. The molecule has 2 amide bonds. The van der Waals surface area contributed by atoms with Crippen LogP contribution in [-0.4, -0.2) is 37.5 Å². The number of hydrogen-bond acceptors (Lipinski definition) is 6. The van der Waals surface area contributed by atoms with E-state index in [0.29, 0.717) is 22.9 Å². The zero-order valence-corrected chi connectivity index (χ0v) is 17.2. The Morgan fingerprint density at radius 2 is 1.31 bits per heavy atom. The molecule has 164 valence electrons. The van der Waals surface area contributed by atoms with Crippen LogP contribution in [0.1, 0.15) is 0 Å². The van der Waals surface area contributed by atoms with Crippen LogP contribution in [0.3, 0.4) is 0 Å². The van der Waals surface area contributed by atoms with Crippen molar-refractivity contribution in [3.8, 4) is 17.2 Å². The van der Waals surface area contributed by atoms with Gasteiger partial charge in [0.25, 0.3) is 11.8 Å². The SMILES string of the molecule is O=C(COc1ccccc1)NCC(=O)OCC(=O)Nc1ccccc1Oc1ccccc1. The molecule has 3 aromatic rings. The molecule has 3 rings (SSSR count). The Morgan fingerprint density at radius 1 is 0.688 bits per heavy atom. The molecular weight excluding hydrogens is 412 g/mol. The van der Waals surface area contributed by atoms with Crippen molar-refractivity contribution >= 4 is 23.5 Å². The van der Waals surface area contributed by atoms with Gasteiger partial charge in [-0.1, -0.05) is 48.5 Å². The van der Waals surface area contributed by atoms with E-state index in [1.165, 1.54) is 0 Å². The fraction of sp³-hybridized carbons (Fsp3) is 0.125. The highest BCUT2D eigenvalue weighted by Gasteiger charge is 2.12. The number of ether oxygens (including phenoxy) is 3. The molecule has 0 atom stereocenters. The number of benzene rings is 3. The summed E-state index contributed by atoms with van der Waals surface area (Å²) in [5.41, 5.74) is 0.434. The number of hydrogen-bond donors (Lipinski definition) is 2. The number of nitrogens with one attached hydrogen (secondary N) is 2. The maximum absolute atomic E-state index is 12.2. The monoisotopic (exact) mass is 434 g/mol. The molecule has 0 aliphatic rings. The van der Waals surface area contributed by atoms with E-state index < -0.39 is 24.4 Å². The van der Waals surface area contributed by atoms with Crippen molar-refractivity contribution in [2.24, 2.45) is 0 Å². The predicted molar refractivity (Wildman–Crippen MR) is 117 cm³/mol. The molecule has 32 heavy (non-hydrogen) atoms. The molecular formula is C24H22N2O6. The summed E-state index contributed by atoms with van der Waals surface area (Å²) in [5.74, 6) is -0.166. The van der Waals surface area contributed by atoms with Crippen molar-refractivity contribution in [2.75, 3.05) is 25.1 Å². The van der Waals surface area contributed by atoms with Crippen molar-refractivity contribution in [1.29, 1.82) is 0 Å². The molecule has 2 N–H and O–H groups in total. The second-order valence-corrected chi connectivity index (χ2v) is 6.50. The van der Waals surface area contributed by atoms with Crippen LogP contribution in [0.4, 0.5) is 5.69 Å². The van der Waals surface area contributed by atoms with E-state index in [0.717, 1.165) is 0 Å². The van der Waals surface area contributed by atoms with Crippen LogP contribution in [0.15, 0.2) is 84.9 Å². The number of carbonyl (C=O) groups excluding carboxylic acids is 3. The van der Waals surface area contributed by atoms with E-state index in [1.54, 1.807) is 60.7 Å². The van der Waals surface area contributed by atoms with Crippen LogP contribution in [0.2, 0.25) is 0 Å². The molecule has 8 heteroatoms. The molecule has 0 spiro atoms. The number of esters is 1. The first kappa shape index (κ1) is 22.4. The molecule has 0 saturated carbocycles. The molecule has 0 aliphatic heterocycles. The van der Waals surface area contributed by atoms with Gasteiger partial charge in [0.05, 0.1) is 5.69 Å². The molecule has 0 unspecified atom stereocenters. The summed E-state index contributed by atoms with van der Waals surface area (Å²) in [7, 11) is 0. The number of amides is 2. The van der Waals surface area contributed by atoms with Crippen LogP contribution >= 0.6 is 0 Å². The van der Waals surface area contributed by atoms with Crippen molar-refractivity contribution in [2.45, 2.75) is 0 Å². The van der Waals surface area contributed by atoms with Crippen LogP contribution in [0.25, 0.3) is 0 Å². The second kappa shape index (κ2) is 11.8. The summed E-state index contributed by atoms with van der Waals surface area (Å²) in [5, 5.41) is 5.01. The fourth-order valence-corrected chi connectivity index (χ4v) is 2.55. The lowest BCUT2D eigenvalue weighted by Gasteiger charge is -2.12. The van der Waals surface area contributed by atoms with Gasteiger partial charge in [-0.15, -0.1) is 0 Å². The van der Waals surface area contributed by atoms with Crippen LogP contribution in [0.5, 0.6) is 17.2 Å². The second-order valence-electron chi connectivity index (χ2n) is 6.50. The summed E-state index contributed by atoms with van der Waals surface area (Å²) in [6.45, 7) is -1.12. The highest BCUT2D eigenvalue weighted by Crippen LogP contribution is 2.28. The van der Waals surface area contributed by atoms with E-state index >= 15 is 0 Å². The Balaban J connectivity index is 1.39. The lowest BCUT2D eigenvalue weighted by Crippen LogP contribution is -2.35. The molecule has 0 fully saturated rings. The molecule has 0 bridgehead atoms. The van der Waals surface area contributed by atoms with Gasteiger partial charge in [-0.2, -0.15) is 0 Å². The van der Waals surface area contributed by atoms with E-state index in [1.807, 2.05) is 24.3 Å². The lowest BCUT2D eigenvalue weighted by atomic mass is 10.3. The van der Waals surface area contributed by atoms with Crippen LogP contribution in [-0.2, 0) is 19.1 Å². The van der Waals surface area contributed by atoms with Crippen molar-refractivity contribution in [3.63, 3.8) is 0 Å². The predicted octanol–water partition coefficient (Wildman–Crippen LogP) is 3.16. The van der Waals surface area contributed by atoms with E-state index in [9.17, 15) is 14.4 Å². The first-order chi connectivity index (χ1) is 15.6. The smallest absolute Gasteiger partial charge is 0.325 e. The maximum atomic E-state index is 12.2. The summed E-state index contributed by atoms with van der Waals surface area (Å²) >= 11 is 0. The topological polar surface area (TPSA) is 103 Å². The van der Waals surface area contributed by atoms with Gasteiger partial charge < -0.3 is 24.8 Å². The Kier molecular flexibility index (Phi) is 8.21. The number of rotatable bonds is 10. The summed E-state index contributed by atoms with van der Waals surface area (Å²) in [4.78, 5) is 35.7. The Morgan fingerprint density at radius 3 is 2.03 bits per heavy atom. The van der Waals surface area contributed by atoms with E-state index in [-0.39, 0.29) is 13.2 Å². The van der Waals surface area contributed by atoms with Gasteiger partial charge in [-0.05, 0) is 36.4 Å². The number of para-hydroxylation sites is 4.